The average Bonchev–Trinajstić information content (AvgIpc) is 2.76. The van der Waals surface area contributed by atoms with Crippen molar-refractivity contribution in [1.29, 1.82) is 0 Å². The van der Waals surface area contributed by atoms with Crippen molar-refractivity contribution in [3.05, 3.63) is 29.3 Å². The summed E-state index contributed by atoms with van der Waals surface area (Å²) in [7, 11) is 0. The fourth-order valence-electron chi connectivity index (χ4n) is 4.50. The second kappa shape index (κ2) is 10.4. The number of anilines is 1. The number of alkyl halides is 6. The van der Waals surface area contributed by atoms with Crippen LogP contribution in [0.2, 0.25) is 0 Å². The molecule has 0 radical (unpaired) electrons. The van der Waals surface area contributed by atoms with E-state index in [4.69, 9.17) is 5.73 Å². The van der Waals surface area contributed by atoms with Gasteiger partial charge in [0.15, 0.2) is 0 Å². The fourth-order valence-corrected chi connectivity index (χ4v) is 4.50. The summed E-state index contributed by atoms with van der Waals surface area (Å²) in [6.07, 6.45) is -5.13. The summed E-state index contributed by atoms with van der Waals surface area (Å²) < 4.78 is 77.8. The standard InChI is InChI=1S/C22H28F6N4O2/c23-21(24,25)14-9-15(22(26,27)28)11-16(10-14)31-20(34)30-12-13-5-7-32(8-6-13)19(33)17-3-1-2-4-18(17)29/h9-11,13,17-18H,1-8,12,29H2,(H2,30,31,34). The summed E-state index contributed by atoms with van der Waals surface area (Å²) in [4.78, 5) is 26.7. The van der Waals surface area contributed by atoms with Crippen LogP contribution in [0.25, 0.3) is 0 Å². The molecule has 3 amide bonds. The van der Waals surface area contributed by atoms with Gasteiger partial charge in [-0.05, 0) is 49.8 Å². The lowest BCUT2D eigenvalue weighted by atomic mass is 9.83. The van der Waals surface area contributed by atoms with Crippen molar-refractivity contribution in [1.82, 2.24) is 10.2 Å². The lowest BCUT2D eigenvalue weighted by Crippen LogP contribution is -2.49. The molecule has 190 valence electrons. The first-order chi connectivity index (χ1) is 15.8. The van der Waals surface area contributed by atoms with Gasteiger partial charge < -0.3 is 21.3 Å². The second-order valence-electron chi connectivity index (χ2n) is 8.95. The Kier molecular flexibility index (Phi) is 7.99. The molecule has 1 heterocycles. The Morgan fingerprint density at radius 3 is 2.00 bits per heavy atom. The number of rotatable bonds is 4. The summed E-state index contributed by atoms with van der Waals surface area (Å²) in [5.74, 6) is -0.0771. The number of benzene rings is 1. The maximum absolute atomic E-state index is 13.0. The molecule has 1 aliphatic heterocycles. The van der Waals surface area contributed by atoms with Gasteiger partial charge in [-0.3, -0.25) is 4.79 Å². The highest BCUT2D eigenvalue weighted by Gasteiger charge is 2.37. The summed E-state index contributed by atoms with van der Waals surface area (Å²) in [6.45, 7) is 1.21. The third kappa shape index (κ3) is 6.77. The van der Waals surface area contributed by atoms with Gasteiger partial charge in [0.1, 0.15) is 0 Å². The van der Waals surface area contributed by atoms with Gasteiger partial charge in [-0.15, -0.1) is 0 Å². The smallest absolute Gasteiger partial charge is 0.342 e. The average molecular weight is 494 g/mol. The highest BCUT2D eigenvalue weighted by molar-refractivity contribution is 5.89. The van der Waals surface area contributed by atoms with Gasteiger partial charge >= 0.3 is 18.4 Å². The molecule has 1 aromatic rings. The lowest BCUT2D eigenvalue weighted by Gasteiger charge is -2.37. The van der Waals surface area contributed by atoms with E-state index < -0.39 is 35.2 Å². The number of amides is 3. The van der Waals surface area contributed by atoms with Crippen molar-refractivity contribution in [2.75, 3.05) is 25.0 Å². The van der Waals surface area contributed by atoms with Gasteiger partial charge in [-0.1, -0.05) is 12.8 Å². The Hall–Kier alpha value is -2.50. The van der Waals surface area contributed by atoms with Gasteiger partial charge in [0, 0.05) is 31.4 Å². The molecule has 2 aliphatic rings. The Morgan fingerprint density at radius 2 is 1.47 bits per heavy atom. The molecule has 2 unspecified atom stereocenters. The second-order valence-corrected chi connectivity index (χ2v) is 8.95. The van der Waals surface area contributed by atoms with Crippen LogP contribution < -0.4 is 16.4 Å². The van der Waals surface area contributed by atoms with E-state index in [1.807, 2.05) is 0 Å². The number of hydrogen-bond donors (Lipinski definition) is 3. The minimum atomic E-state index is -5.00. The molecule has 1 aliphatic carbocycles. The Labute approximate surface area is 193 Å². The van der Waals surface area contributed by atoms with Crippen LogP contribution in [-0.4, -0.2) is 42.5 Å². The highest BCUT2D eigenvalue weighted by Crippen LogP contribution is 2.37. The zero-order valence-corrected chi connectivity index (χ0v) is 18.4. The number of carbonyl (C=O) groups excluding carboxylic acids is 2. The van der Waals surface area contributed by atoms with Crippen LogP contribution >= 0.6 is 0 Å². The fraction of sp³-hybridized carbons (Fsp3) is 0.636. The number of carbonyl (C=O) groups is 2. The predicted molar refractivity (Wildman–Crippen MR) is 113 cm³/mol. The number of piperidine rings is 1. The molecule has 1 saturated carbocycles. The van der Waals surface area contributed by atoms with E-state index in [1.165, 1.54) is 0 Å². The molecule has 12 heteroatoms. The van der Waals surface area contributed by atoms with Gasteiger partial charge in [-0.2, -0.15) is 26.3 Å². The van der Waals surface area contributed by atoms with Crippen LogP contribution in [0.1, 0.15) is 49.7 Å². The zero-order valence-electron chi connectivity index (χ0n) is 18.4. The number of hydrogen-bond acceptors (Lipinski definition) is 3. The van der Waals surface area contributed by atoms with Crippen LogP contribution in [0.3, 0.4) is 0 Å². The molecular formula is C22H28F6N4O2. The molecule has 6 nitrogen and oxygen atoms in total. The molecule has 0 aromatic heterocycles. The van der Waals surface area contributed by atoms with Gasteiger partial charge in [-0.25, -0.2) is 4.79 Å². The molecule has 2 fully saturated rings. The first-order valence-corrected chi connectivity index (χ1v) is 11.2. The van der Waals surface area contributed by atoms with E-state index in [9.17, 15) is 35.9 Å². The predicted octanol–water partition coefficient (Wildman–Crippen LogP) is 4.60. The molecule has 3 rings (SSSR count). The molecule has 34 heavy (non-hydrogen) atoms. The van der Waals surface area contributed by atoms with Crippen molar-refractivity contribution in [2.24, 2.45) is 17.6 Å². The van der Waals surface area contributed by atoms with E-state index >= 15 is 0 Å². The van der Waals surface area contributed by atoms with E-state index in [-0.39, 0.29) is 36.4 Å². The Bertz CT molecular complexity index is 849. The Balaban J connectivity index is 1.51. The minimum absolute atomic E-state index is 0.00164. The first-order valence-electron chi connectivity index (χ1n) is 11.2. The largest absolute Gasteiger partial charge is 0.416 e. The number of nitrogens with one attached hydrogen (secondary N) is 2. The zero-order chi connectivity index (χ0) is 25.1. The quantitative estimate of drug-likeness (QED) is 0.535. The van der Waals surface area contributed by atoms with Crippen molar-refractivity contribution in [2.45, 2.75) is 56.9 Å². The molecule has 0 bridgehead atoms. The highest BCUT2D eigenvalue weighted by atomic mass is 19.4. The topological polar surface area (TPSA) is 87.5 Å². The first kappa shape index (κ1) is 26.1. The number of likely N-dealkylation sites (tertiary alicyclic amines) is 1. The van der Waals surface area contributed by atoms with Crippen LogP contribution in [0.15, 0.2) is 18.2 Å². The van der Waals surface area contributed by atoms with E-state index in [0.717, 1.165) is 25.7 Å². The Morgan fingerprint density at radius 1 is 0.912 bits per heavy atom. The van der Waals surface area contributed by atoms with Crippen molar-refractivity contribution < 1.29 is 35.9 Å². The summed E-state index contributed by atoms with van der Waals surface area (Å²) in [6, 6.07) is -0.126. The SMILES string of the molecule is NC1CCCCC1C(=O)N1CCC(CNC(=O)Nc2cc(C(F)(F)F)cc(C(F)(F)F)c2)CC1. The van der Waals surface area contributed by atoms with Crippen molar-refractivity contribution in [3.63, 3.8) is 0 Å². The maximum atomic E-state index is 13.0. The molecule has 1 saturated heterocycles. The number of urea groups is 1. The third-order valence-electron chi connectivity index (χ3n) is 6.46. The van der Waals surface area contributed by atoms with Crippen LogP contribution in [0.5, 0.6) is 0 Å². The summed E-state index contributed by atoms with van der Waals surface area (Å²) in [5.41, 5.74) is 2.48. The maximum Gasteiger partial charge on any atom is 0.416 e. The van der Waals surface area contributed by atoms with Crippen LogP contribution in [0.4, 0.5) is 36.8 Å². The van der Waals surface area contributed by atoms with E-state index in [0.29, 0.717) is 38.1 Å². The lowest BCUT2D eigenvalue weighted by molar-refractivity contribution is -0.143. The molecule has 2 atom stereocenters. The summed E-state index contributed by atoms with van der Waals surface area (Å²) >= 11 is 0. The molecule has 1 aromatic carbocycles. The normalized spacial score (nSPS) is 22.4. The van der Waals surface area contributed by atoms with Crippen LogP contribution in [0, 0.1) is 11.8 Å². The number of nitrogens with two attached hydrogens (primary N) is 1. The molecule has 4 N–H and O–H groups in total. The molecular weight excluding hydrogens is 466 g/mol. The number of halogens is 6. The van der Waals surface area contributed by atoms with E-state index in [1.54, 1.807) is 4.90 Å². The van der Waals surface area contributed by atoms with Crippen LogP contribution in [-0.2, 0) is 17.1 Å². The third-order valence-corrected chi connectivity index (χ3v) is 6.46. The number of nitrogens with zero attached hydrogens (tertiary/aromatic N) is 1. The van der Waals surface area contributed by atoms with Gasteiger partial charge in [0.25, 0.3) is 0 Å². The van der Waals surface area contributed by atoms with Gasteiger partial charge in [0.05, 0.1) is 17.0 Å². The van der Waals surface area contributed by atoms with E-state index in [2.05, 4.69) is 10.6 Å². The minimum Gasteiger partial charge on any atom is -0.342 e. The van der Waals surface area contributed by atoms with Crippen molar-refractivity contribution in [3.8, 4) is 0 Å². The van der Waals surface area contributed by atoms with Gasteiger partial charge in [0.2, 0.25) is 5.91 Å². The molecule has 0 spiro atoms. The van der Waals surface area contributed by atoms with Crippen molar-refractivity contribution >= 4 is 17.6 Å². The summed E-state index contributed by atoms with van der Waals surface area (Å²) in [5, 5.41) is 4.55. The monoisotopic (exact) mass is 494 g/mol.